The van der Waals surface area contributed by atoms with Crippen LogP contribution in [0.2, 0.25) is 0 Å². The molecule has 42 heavy (non-hydrogen) atoms. The van der Waals surface area contributed by atoms with Gasteiger partial charge in [0.05, 0.1) is 40.6 Å². The fraction of sp³-hybridized carbons (Fsp3) is 0.118. The summed E-state index contributed by atoms with van der Waals surface area (Å²) in [6, 6.07) is 26.8. The maximum Gasteiger partial charge on any atom is 0.161 e. The van der Waals surface area contributed by atoms with Crippen molar-refractivity contribution < 1.29 is 27.7 Å². The van der Waals surface area contributed by atoms with Crippen LogP contribution in [0.3, 0.4) is 0 Å². The molecule has 0 heterocycles. The summed E-state index contributed by atoms with van der Waals surface area (Å²) in [5.41, 5.74) is 4.48. The van der Waals surface area contributed by atoms with Gasteiger partial charge in [-0.15, -0.1) is 0 Å². The Morgan fingerprint density at radius 2 is 0.810 bits per heavy atom. The first-order valence-corrected chi connectivity index (χ1v) is 12.5. The normalized spacial score (nSPS) is 10.9. The van der Waals surface area contributed by atoms with Crippen LogP contribution in [-0.4, -0.2) is 28.4 Å². The van der Waals surface area contributed by atoms with Gasteiger partial charge < -0.3 is 18.9 Å². The van der Waals surface area contributed by atoms with Gasteiger partial charge in [0.2, 0.25) is 0 Å². The predicted molar refractivity (Wildman–Crippen MR) is 157 cm³/mol. The lowest BCUT2D eigenvalue weighted by Crippen LogP contribution is -1.94. The average Bonchev–Trinajstić information content (AvgIpc) is 3.03. The van der Waals surface area contributed by atoms with Crippen LogP contribution in [0.1, 0.15) is 22.3 Å². The molecule has 8 heteroatoms. The van der Waals surface area contributed by atoms with Crippen LogP contribution in [0.25, 0.3) is 11.1 Å². The third-order valence-corrected chi connectivity index (χ3v) is 6.12. The first kappa shape index (κ1) is 30.9. The number of nitrogens with zero attached hydrogens (tertiary/aromatic N) is 2. The number of benzene rings is 4. The summed E-state index contributed by atoms with van der Waals surface area (Å²) in [4.78, 5) is 0. The summed E-state index contributed by atoms with van der Waals surface area (Å²) < 4.78 is 47.0. The molecular weight excluding hydrogens is 538 g/mol. The van der Waals surface area contributed by atoms with Crippen molar-refractivity contribution in [1.29, 1.82) is 10.5 Å². The number of hydrogen-bond acceptors (Lipinski definition) is 6. The van der Waals surface area contributed by atoms with E-state index in [9.17, 15) is 8.78 Å². The van der Waals surface area contributed by atoms with Crippen LogP contribution >= 0.6 is 0 Å². The van der Waals surface area contributed by atoms with E-state index >= 15 is 0 Å². The molecule has 6 nitrogen and oxygen atoms in total. The van der Waals surface area contributed by atoms with Crippen molar-refractivity contribution in [3.8, 4) is 35.1 Å². The molecule has 0 aromatic heterocycles. The van der Waals surface area contributed by atoms with Crippen molar-refractivity contribution in [3.05, 3.63) is 131 Å². The number of halogens is 2. The molecule has 0 amide bonds. The Hall–Kier alpha value is -5.60. The van der Waals surface area contributed by atoms with Crippen molar-refractivity contribution in [2.24, 2.45) is 0 Å². The largest absolute Gasteiger partial charge is 0.493 e. The Balaban J connectivity index is 0.000000230. The number of allylic oxidation sites excluding steroid dienone is 2. The zero-order valence-corrected chi connectivity index (χ0v) is 23.5. The second kappa shape index (κ2) is 15.3. The number of nitriles is 2. The van der Waals surface area contributed by atoms with Gasteiger partial charge in [-0.05, 0) is 81.9 Å². The molecule has 4 aromatic carbocycles. The molecule has 0 saturated carbocycles. The van der Waals surface area contributed by atoms with Gasteiger partial charge in [-0.1, -0.05) is 36.4 Å². The summed E-state index contributed by atoms with van der Waals surface area (Å²) in [5, 5.41) is 18.0. The first-order chi connectivity index (χ1) is 20.4. The van der Waals surface area contributed by atoms with E-state index in [4.69, 9.17) is 29.5 Å². The minimum Gasteiger partial charge on any atom is -0.493 e. The van der Waals surface area contributed by atoms with Gasteiger partial charge in [-0.25, -0.2) is 8.78 Å². The van der Waals surface area contributed by atoms with Crippen molar-refractivity contribution in [1.82, 2.24) is 0 Å². The number of rotatable bonds is 8. The molecule has 0 aliphatic heterocycles. The molecule has 0 aliphatic carbocycles. The fourth-order valence-electron chi connectivity index (χ4n) is 4.06. The number of methoxy groups -OCH3 is 4. The highest BCUT2D eigenvalue weighted by atomic mass is 19.1. The van der Waals surface area contributed by atoms with Crippen molar-refractivity contribution >= 4 is 11.1 Å². The Kier molecular flexibility index (Phi) is 11.2. The Morgan fingerprint density at radius 3 is 1.10 bits per heavy atom. The van der Waals surface area contributed by atoms with Crippen LogP contribution < -0.4 is 18.9 Å². The summed E-state index contributed by atoms with van der Waals surface area (Å²) >= 11 is 0. The van der Waals surface area contributed by atoms with Gasteiger partial charge in [-0.3, -0.25) is 0 Å². The van der Waals surface area contributed by atoms with Crippen LogP contribution in [0.4, 0.5) is 8.78 Å². The fourth-order valence-corrected chi connectivity index (χ4v) is 4.06. The monoisotopic (exact) mass is 566 g/mol. The molecule has 0 radical (unpaired) electrons. The lowest BCUT2D eigenvalue weighted by molar-refractivity contribution is 0.355. The molecule has 0 bridgehead atoms. The maximum absolute atomic E-state index is 13.0. The lowest BCUT2D eigenvalue weighted by atomic mass is 9.97. The molecule has 0 aliphatic rings. The molecule has 4 rings (SSSR count). The minimum absolute atomic E-state index is 0.317. The van der Waals surface area contributed by atoms with Gasteiger partial charge >= 0.3 is 0 Å². The van der Waals surface area contributed by atoms with E-state index in [0.29, 0.717) is 34.1 Å². The highest BCUT2D eigenvalue weighted by molar-refractivity contribution is 5.83. The van der Waals surface area contributed by atoms with Gasteiger partial charge in [-0.2, -0.15) is 10.5 Å². The second-order valence-electron chi connectivity index (χ2n) is 8.53. The van der Waals surface area contributed by atoms with Crippen molar-refractivity contribution in [2.75, 3.05) is 28.4 Å². The maximum atomic E-state index is 13.0. The van der Waals surface area contributed by atoms with E-state index in [1.807, 2.05) is 24.3 Å². The third-order valence-electron chi connectivity index (χ3n) is 6.12. The highest BCUT2D eigenvalue weighted by Crippen LogP contribution is 2.34. The topological polar surface area (TPSA) is 84.5 Å². The zero-order chi connectivity index (χ0) is 30.5. The molecule has 0 atom stereocenters. The predicted octanol–water partition coefficient (Wildman–Crippen LogP) is 7.60. The quantitative estimate of drug-likeness (QED) is 0.204. The Bertz CT molecular complexity index is 1520. The second-order valence-corrected chi connectivity index (χ2v) is 8.53. The van der Waals surface area contributed by atoms with Crippen LogP contribution in [0.5, 0.6) is 23.0 Å². The molecule has 0 fully saturated rings. The van der Waals surface area contributed by atoms with Crippen LogP contribution in [-0.2, 0) is 0 Å². The molecular formula is C34H28F2N2O4. The van der Waals surface area contributed by atoms with Gasteiger partial charge in [0, 0.05) is 12.2 Å². The van der Waals surface area contributed by atoms with E-state index in [1.54, 1.807) is 77.0 Å². The summed E-state index contributed by atoms with van der Waals surface area (Å²) in [6.45, 7) is 0. The standard InChI is InChI=1S/2C17H14FNO2/c2*1-20-16-8-5-13(11-17(16)21-2)15(9-10-19)12-3-6-14(18)7-4-12/h2*3-9,11H,1-2H3. The average molecular weight is 567 g/mol. The molecule has 4 aromatic rings. The smallest absolute Gasteiger partial charge is 0.161 e. The van der Waals surface area contributed by atoms with Crippen LogP contribution in [0, 0.1) is 34.3 Å². The molecule has 0 unspecified atom stereocenters. The molecule has 0 spiro atoms. The minimum atomic E-state index is -0.317. The SMILES string of the molecule is COc1ccc(C(=CC#N)c2ccc(F)cc2)cc1OC.COc1ccc(C(=CC#N)c2ccc(F)cc2)cc1OC. The Morgan fingerprint density at radius 1 is 0.500 bits per heavy atom. The summed E-state index contributed by atoms with van der Waals surface area (Å²) in [7, 11) is 6.22. The highest BCUT2D eigenvalue weighted by Gasteiger charge is 2.11. The molecule has 212 valence electrons. The van der Waals surface area contributed by atoms with E-state index in [1.165, 1.54) is 36.4 Å². The van der Waals surface area contributed by atoms with Gasteiger partial charge in [0.1, 0.15) is 11.6 Å². The van der Waals surface area contributed by atoms with Gasteiger partial charge in [0.25, 0.3) is 0 Å². The van der Waals surface area contributed by atoms with E-state index in [0.717, 1.165) is 22.3 Å². The lowest BCUT2D eigenvalue weighted by Gasteiger charge is -2.12. The number of hydrogen-bond donors (Lipinski definition) is 0. The Labute approximate surface area is 243 Å². The van der Waals surface area contributed by atoms with Crippen molar-refractivity contribution in [2.45, 2.75) is 0 Å². The van der Waals surface area contributed by atoms with Crippen molar-refractivity contribution in [3.63, 3.8) is 0 Å². The zero-order valence-electron chi connectivity index (χ0n) is 23.5. The first-order valence-electron chi connectivity index (χ1n) is 12.5. The van der Waals surface area contributed by atoms with E-state index in [2.05, 4.69) is 0 Å². The summed E-state index contributed by atoms with van der Waals surface area (Å²) in [5.74, 6) is 1.72. The van der Waals surface area contributed by atoms with Gasteiger partial charge in [0.15, 0.2) is 23.0 Å². The molecule has 0 saturated heterocycles. The molecule has 0 N–H and O–H groups in total. The third kappa shape index (κ3) is 7.74. The summed E-state index contributed by atoms with van der Waals surface area (Å²) in [6.07, 6.45) is 2.85. The number of ether oxygens (including phenoxy) is 4. The van der Waals surface area contributed by atoms with E-state index in [-0.39, 0.29) is 11.6 Å². The van der Waals surface area contributed by atoms with Crippen LogP contribution in [0.15, 0.2) is 97.1 Å². The van der Waals surface area contributed by atoms with E-state index < -0.39 is 0 Å².